The Labute approximate surface area is 89.5 Å². The van der Waals surface area contributed by atoms with Crippen LogP contribution in [0.25, 0.3) is 0 Å². The maximum atomic E-state index is 5.20. The van der Waals surface area contributed by atoms with Crippen molar-refractivity contribution in [2.24, 2.45) is 5.84 Å². The first-order chi connectivity index (χ1) is 7.28. The quantitative estimate of drug-likeness (QED) is 0.577. The predicted octanol–water partition coefficient (Wildman–Crippen LogP) is 0.605. The second-order valence-corrected chi connectivity index (χ2v) is 3.55. The zero-order chi connectivity index (χ0) is 10.7. The third-order valence-electron chi connectivity index (χ3n) is 1.46. The molecule has 0 spiro atoms. The highest BCUT2D eigenvalue weighted by molar-refractivity contribution is 7.99. The summed E-state index contributed by atoms with van der Waals surface area (Å²) < 4.78 is 5.18. The number of hydrazine groups is 1. The molecule has 0 saturated carbocycles. The van der Waals surface area contributed by atoms with Crippen molar-refractivity contribution in [3.05, 3.63) is 18.3 Å². The molecular formula is C7H8N6OS. The van der Waals surface area contributed by atoms with E-state index in [4.69, 9.17) is 10.3 Å². The zero-order valence-electron chi connectivity index (χ0n) is 7.84. The van der Waals surface area contributed by atoms with E-state index in [2.05, 4.69) is 25.6 Å². The molecule has 0 aliphatic rings. The fourth-order valence-electron chi connectivity index (χ4n) is 0.876. The number of aromatic nitrogens is 4. The summed E-state index contributed by atoms with van der Waals surface area (Å²) in [4.78, 5) is 8.08. The van der Waals surface area contributed by atoms with Crippen LogP contribution in [0.4, 0.5) is 5.82 Å². The van der Waals surface area contributed by atoms with E-state index in [-0.39, 0.29) is 0 Å². The monoisotopic (exact) mass is 224 g/mol. The van der Waals surface area contributed by atoms with Gasteiger partial charge >= 0.3 is 0 Å². The average Bonchev–Trinajstić information content (AvgIpc) is 2.64. The predicted molar refractivity (Wildman–Crippen MR) is 53.0 cm³/mol. The van der Waals surface area contributed by atoms with Crippen LogP contribution in [0.2, 0.25) is 0 Å². The molecule has 15 heavy (non-hydrogen) atoms. The molecule has 0 radical (unpaired) electrons. The average molecular weight is 224 g/mol. The van der Waals surface area contributed by atoms with Crippen LogP contribution in [0.3, 0.4) is 0 Å². The SMILES string of the molecule is Cc1nnc(Sc2cncc(NN)n2)o1. The lowest BCUT2D eigenvalue weighted by atomic mass is 10.7. The standard InChI is InChI=1S/C7H8N6OS/c1-4-12-13-7(14-4)15-6-3-9-2-5(10-6)11-8/h2-3H,8H2,1H3,(H,10,11). The largest absolute Gasteiger partial charge is 0.416 e. The van der Waals surface area contributed by atoms with Crippen molar-refractivity contribution in [1.82, 2.24) is 20.2 Å². The molecule has 0 aliphatic heterocycles. The molecule has 3 N–H and O–H groups in total. The number of nitrogens with two attached hydrogens (primary N) is 1. The molecule has 0 atom stereocenters. The molecular weight excluding hydrogens is 216 g/mol. The first-order valence-corrected chi connectivity index (χ1v) is 4.86. The first kappa shape index (κ1) is 9.87. The summed E-state index contributed by atoms with van der Waals surface area (Å²) in [5.41, 5.74) is 2.40. The van der Waals surface area contributed by atoms with Crippen molar-refractivity contribution in [3.63, 3.8) is 0 Å². The van der Waals surface area contributed by atoms with E-state index in [1.165, 1.54) is 18.0 Å². The van der Waals surface area contributed by atoms with Gasteiger partial charge in [-0.3, -0.25) is 4.98 Å². The normalized spacial score (nSPS) is 10.3. The maximum absolute atomic E-state index is 5.20. The van der Waals surface area contributed by atoms with E-state index in [0.717, 1.165) is 0 Å². The van der Waals surface area contributed by atoms with E-state index in [1.54, 1.807) is 13.1 Å². The summed E-state index contributed by atoms with van der Waals surface area (Å²) >= 11 is 1.23. The number of nitrogen functional groups attached to an aromatic ring is 1. The van der Waals surface area contributed by atoms with Gasteiger partial charge in [0.15, 0.2) is 5.82 Å². The van der Waals surface area contributed by atoms with Crippen molar-refractivity contribution in [2.75, 3.05) is 5.43 Å². The van der Waals surface area contributed by atoms with Gasteiger partial charge in [0.2, 0.25) is 5.89 Å². The number of nitrogens with one attached hydrogen (secondary N) is 1. The van der Waals surface area contributed by atoms with Gasteiger partial charge in [-0.2, -0.15) is 0 Å². The lowest BCUT2D eigenvalue weighted by Crippen LogP contribution is -2.08. The molecule has 0 bridgehead atoms. The Bertz CT molecular complexity index is 458. The Morgan fingerprint density at radius 3 is 2.93 bits per heavy atom. The summed E-state index contributed by atoms with van der Waals surface area (Å²) in [6.07, 6.45) is 3.11. The third-order valence-corrected chi connectivity index (χ3v) is 2.21. The topological polar surface area (TPSA) is 103 Å². The highest BCUT2D eigenvalue weighted by Crippen LogP contribution is 2.24. The summed E-state index contributed by atoms with van der Waals surface area (Å²) in [6.45, 7) is 1.72. The van der Waals surface area contributed by atoms with E-state index in [1.807, 2.05) is 0 Å². The second-order valence-electron chi connectivity index (χ2n) is 2.58. The molecule has 7 nitrogen and oxygen atoms in total. The lowest BCUT2D eigenvalue weighted by Gasteiger charge is -1.99. The molecule has 2 rings (SSSR count). The highest BCUT2D eigenvalue weighted by atomic mass is 32.2. The van der Waals surface area contributed by atoms with Crippen molar-refractivity contribution in [2.45, 2.75) is 17.2 Å². The second kappa shape index (κ2) is 4.24. The number of aryl methyl sites for hydroxylation is 1. The van der Waals surface area contributed by atoms with E-state index >= 15 is 0 Å². The van der Waals surface area contributed by atoms with Gasteiger partial charge in [-0.05, 0) is 11.8 Å². The minimum absolute atomic E-state index is 0.427. The Kier molecular flexibility index (Phi) is 2.79. The number of hydrogen-bond donors (Lipinski definition) is 2. The molecule has 2 aromatic heterocycles. The molecule has 0 fully saturated rings. The molecule has 0 amide bonds. The lowest BCUT2D eigenvalue weighted by molar-refractivity contribution is 0.429. The van der Waals surface area contributed by atoms with Crippen molar-refractivity contribution < 1.29 is 4.42 Å². The van der Waals surface area contributed by atoms with Crippen molar-refractivity contribution in [1.29, 1.82) is 0 Å². The van der Waals surface area contributed by atoms with Crippen molar-refractivity contribution in [3.8, 4) is 0 Å². The molecule has 0 aliphatic carbocycles. The number of hydrogen-bond acceptors (Lipinski definition) is 8. The van der Waals surface area contributed by atoms with Gasteiger partial charge in [0.05, 0.1) is 12.4 Å². The Morgan fingerprint density at radius 1 is 1.40 bits per heavy atom. The molecule has 78 valence electrons. The van der Waals surface area contributed by atoms with Gasteiger partial charge in [0.1, 0.15) is 5.03 Å². The van der Waals surface area contributed by atoms with Crippen LogP contribution >= 0.6 is 11.8 Å². The molecule has 2 aromatic rings. The van der Waals surface area contributed by atoms with Crippen LogP contribution in [-0.4, -0.2) is 20.2 Å². The van der Waals surface area contributed by atoms with Crippen LogP contribution in [0.5, 0.6) is 0 Å². The van der Waals surface area contributed by atoms with Crippen LogP contribution < -0.4 is 11.3 Å². The Morgan fingerprint density at radius 2 is 2.27 bits per heavy atom. The molecule has 0 aromatic carbocycles. The van der Waals surface area contributed by atoms with E-state index in [0.29, 0.717) is 22.0 Å². The van der Waals surface area contributed by atoms with Gasteiger partial charge in [-0.15, -0.1) is 10.2 Å². The number of anilines is 1. The zero-order valence-corrected chi connectivity index (χ0v) is 8.65. The van der Waals surface area contributed by atoms with Gasteiger partial charge in [-0.1, -0.05) is 0 Å². The van der Waals surface area contributed by atoms with Gasteiger partial charge in [-0.25, -0.2) is 10.8 Å². The highest BCUT2D eigenvalue weighted by Gasteiger charge is 2.06. The maximum Gasteiger partial charge on any atom is 0.282 e. The summed E-state index contributed by atoms with van der Waals surface area (Å²) in [6, 6.07) is 0. The third kappa shape index (κ3) is 2.42. The Balaban J connectivity index is 2.16. The summed E-state index contributed by atoms with van der Waals surface area (Å²) in [5, 5.41) is 8.58. The number of nitrogens with zero attached hydrogens (tertiary/aromatic N) is 4. The molecule has 8 heteroatoms. The minimum atomic E-state index is 0.427. The first-order valence-electron chi connectivity index (χ1n) is 4.04. The summed E-state index contributed by atoms with van der Waals surface area (Å²) in [7, 11) is 0. The molecule has 2 heterocycles. The van der Waals surface area contributed by atoms with Crippen LogP contribution in [0.1, 0.15) is 5.89 Å². The summed E-state index contributed by atoms with van der Waals surface area (Å²) in [5.74, 6) is 6.20. The smallest absolute Gasteiger partial charge is 0.282 e. The fraction of sp³-hybridized carbons (Fsp3) is 0.143. The van der Waals surface area contributed by atoms with Crippen LogP contribution in [0.15, 0.2) is 27.1 Å². The minimum Gasteiger partial charge on any atom is -0.416 e. The van der Waals surface area contributed by atoms with Gasteiger partial charge < -0.3 is 9.84 Å². The van der Waals surface area contributed by atoms with Gasteiger partial charge in [0, 0.05) is 6.92 Å². The van der Waals surface area contributed by atoms with E-state index < -0.39 is 0 Å². The van der Waals surface area contributed by atoms with E-state index in [9.17, 15) is 0 Å². The van der Waals surface area contributed by atoms with Crippen molar-refractivity contribution >= 4 is 17.6 Å². The molecule has 0 saturated heterocycles. The fourth-order valence-corrected chi connectivity index (χ4v) is 1.56. The van der Waals surface area contributed by atoms with Crippen LogP contribution in [0, 0.1) is 6.92 Å². The number of rotatable bonds is 3. The van der Waals surface area contributed by atoms with Crippen LogP contribution in [-0.2, 0) is 0 Å². The van der Waals surface area contributed by atoms with Gasteiger partial charge in [0.25, 0.3) is 5.22 Å². The Hall–Kier alpha value is -1.67. The molecule has 0 unspecified atom stereocenters.